The standard InChI is InChI=1S/C25H20N2O3S/c1-16-8-6-7-11-21(16)27-24(29)22(18-12-14-19(15-13-18)26-17(2)28)23(25(27)30)31-20-9-4-3-5-10-20/h3-15H,1-2H3,(H,26,28). The summed E-state index contributed by atoms with van der Waals surface area (Å²) in [4.78, 5) is 40.7. The van der Waals surface area contributed by atoms with E-state index in [-0.39, 0.29) is 17.7 Å². The van der Waals surface area contributed by atoms with E-state index in [1.165, 1.54) is 23.6 Å². The highest BCUT2D eigenvalue weighted by Gasteiger charge is 2.40. The summed E-state index contributed by atoms with van der Waals surface area (Å²) in [6, 6.07) is 23.8. The van der Waals surface area contributed by atoms with Gasteiger partial charge in [0.15, 0.2) is 0 Å². The zero-order valence-corrected chi connectivity index (χ0v) is 17.9. The van der Waals surface area contributed by atoms with Crippen LogP contribution in [0.3, 0.4) is 0 Å². The molecular weight excluding hydrogens is 408 g/mol. The fraction of sp³-hybridized carbons (Fsp3) is 0.0800. The van der Waals surface area contributed by atoms with Gasteiger partial charge in [-0.05, 0) is 48.4 Å². The molecule has 0 aliphatic carbocycles. The number of carbonyl (C=O) groups excluding carboxylic acids is 3. The van der Waals surface area contributed by atoms with E-state index in [0.29, 0.717) is 27.4 Å². The molecule has 0 fully saturated rings. The number of thioether (sulfide) groups is 1. The SMILES string of the molecule is CC(=O)Nc1ccc(C2=C(Sc3ccccc3)C(=O)N(c3ccccc3C)C2=O)cc1. The van der Waals surface area contributed by atoms with Gasteiger partial charge in [0.25, 0.3) is 11.8 Å². The molecule has 1 N–H and O–H groups in total. The van der Waals surface area contributed by atoms with Crippen molar-refractivity contribution in [2.45, 2.75) is 18.7 Å². The molecule has 0 saturated heterocycles. The average Bonchev–Trinajstić information content (AvgIpc) is 2.99. The summed E-state index contributed by atoms with van der Waals surface area (Å²) in [6.07, 6.45) is 0. The van der Waals surface area contributed by atoms with Crippen LogP contribution >= 0.6 is 11.8 Å². The number of nitrogens with one attached hydrogen (secondary N) is 1. The molecule has 0 radical (unpaired) electrons. The molecule has 154 valence electrons. The first kappa shape index (κ1) is 20.6. The topological polar surface area (TPSA) is 66.5 Å². The van der Waals surface area contributed by atoms with E-state index in [0.717, 1.165) is 10.5 Å². The Morgan fingerprint density at radius 2 is 1.48 bits per heavy atom. The fourth-order valence-corrected chi connectivity index (χ4v) is 4.44. The molecule has 3 amide bonds. The van der Waals surface area contributed by atoms with Crippen molar-refractivity contribution < 1.29 is 14.4 Å². The van der Waals surface area contributed by atoms with Crippen molar-refractivity contribution in [1.29, 1.82) is 0 Å². The number of hydrogen-bond donors (Lipinski definition) is 1. The molecule has 1 aliphatic rings. The number of amides is 3. The predicted octanol–water partition coefficient (Wildman–Crippen LogP) is 5.03. The molecule has 3 aromatic rings. The largest absolute Gasteiger partial charge is 0.326 e. The number of imide groups is 1. The summed E-state index contributed by atoms with van der Waals surface area (Å²) in [7, 11) is 0. The van der Waals surface area contributed by atoms with E-state index < -0.39 is 0 Å². The molecule has 0 spiro atoms. The third kappa shape index (κ3) is 4.15. The fourth-order valence-electron chi connectivity index (χ4n) is 3.42. The second kappa shape index (κ2) is 8.62. The maximum Gasteiger partial charge on any atom is 0.272 e. The minimum Gasteiger partial charge on any atom is -0.326 e. The van der Waals surface area contributed by atoms with Crippen LogP contribution in [-0.2, 0) is 14.4 Å². The van der Waals surface area contributed by atoms with Crippen LogP contribution < -0.4 is 10.2 Å². The Hall–Kier alpha value is -3.64. The van der Waals surface area contributed by atoms with Gasteiger partial charge >= 0.3 is 0 Å². The van der Waals surface area contributed by atoms with Gasteiger partial charge in [0, 0.05) is 17.5 Å². The van der Waals surface area contributed by atoms with Crippen LogP contribution in [-0.4, -0.2) is 17.7 Å². The van der Waals surface area contributed by atoms with Crippen molar-refractivity contribution in [1.82, 2.24) is 0 Å². The molecule has 31 heavy (non-hydrogen) atoms. The van der Waals surface area contributed by atoms with Gasteiger partial charge in [-0.25, -0.2) is 4.90 Å². The van der Waals surface area contributed by atoms with Crippen molar-refractivity contribution >= 4 is 46.4 Å². The number of carbonyl (C=O) groups is 3. The Labute approximate surface area is 184 Å². The van der Waals surface area contributed by atoms with Crippen LogP contribution in [0.2, 0.25) is 0 Å². The summed E-state index contributed by atoms with van der Waals surface area (Å²) in [6.45, 7) is 3.31. The highest BCUT2D eigenvalue weighted by Crippen LogP contribution is 2.42. The molecule has 5 nitrogen and oxygen atoms in total. The molecule has 1 heterocycles. The maximum absolute atomic E-state index is 13.5. The molecular formula is C25H20N2O3S. The summed E-state index contributed by atoms with van der Waals surface area (Å²) < 4.78 is 0. The van der Waals surface area contributed by atoms with Crippen LogP contribution in [0.25, 0.3) is 5.57 Å². The van der Waals surface area contributed by atoms with Gasteiger partial charge in [0.05, 0.1) is 16.2 Å². The lowest BCUT2D eigenvalue weighted by atomic mass is 10.1. The first-order valence-electron chi connectivity index (χ1n) is 9.75. The van der Waals surface area contributed by atoms with E-state index in [4.69, 9.17) is 0 Å². The Kier molecular flexibility index (Phi) is 5.73. The zero-order valence-electron chi connectivity index (χ0n) is 17.1. The van der Waals surface area contributed by atoms with Gasteiger partial charge in [-0.15, -0.1) is 0 Å². The van der Waals surface area contributed by atoms with Gasteiger partial charge in [-0.1, -0.05) is 60.3 Å². The molecule has 0 atom stereocenters. The van der Waals surface area contributed by atoms with E-state index in [2.05, 4.69) is 5.32 Å². The first-order valence-corrected chi connectivity index (χ1v) is 10.6. The Balaban J connectivity index is 1.80. The summed E-state index contributed by atoms with van der Waals surface area (Å²) in [5.41, 5.74) is 3.03. The van der Waals surface area contributed by atoms with Gasteiger partial charge in [0.1, 0.15) is 0 Å². The Morgan fingerprint density at radius 3 is 2.13 bits per heavy atom. The number of aryl methyl sites for hydroxylation is 1. The number of rotatable bonds is 5. The van der Waals surface area contributed by atoms with Gasteiger partial charge < -0.3 is 5.32 Å². The van der Waals surface area contributed by atoms with Crippen molar-refractivity contribution in [3.63, 3.8) is 0 Å². The highest BCUT2D eigenvalue weighted by atomic mass is 32.2. The lowest BCUT2D eigenvalue weighted by Gasteiger charge is -2.17. The zero-order chi connectivity index (χ0) is 22.0. The number of anilines is 2. The van der Waals surface area contributed by atoms with Crippen molar-refractivity contribution in [2.75, 3.05) is 10.2 Å². The maximum atomic E-state index is 13.5. The molecule has 4 rings (SSSR count). The van der Waals surface area contributed by atoms with Crippen LogP contribution in [0.1, 0.15) is 18.1 Å². The summed E-state index contributed by atoms with van der Waals surface area (Å²) in [5.74, 6) is -0.871. The van der Waals surface area contributed by atoms with Gasteiger partial charge in [0.2, 0.25) is 5.91 Å². The summed E-state index contributed by atoms with van der Waals surface area (Å²) in [5, 5.41) is 2.71. The third-order valence-electron chi connectivity index (χ3n) is 4.85. The first-order chi connectivity index (χ1) is 15.0. The lowest BCUT2D eigenvalue weighted by molar-refractivity contribution is -0.120. The molecule has 1 aliphatic heterocycles. The molecule has 0 aromatic heterocycles. The van der Waals surface area contributed by atoms with Crippen LogP contribution in [0, 0.1) is 6.92 Å². The minimum absolute atomic E-state index is 0.176. The average molecular weight is 429 g/mol. The third-order valence-corrected chi connectivity index (χ3v) is 5.95. The van der Waals surface area contributed by atoms with Gasteiger partial charge in [-0.2, -0.15) is 0 Å². The molecule has 0 bridgehead atoms. The van der Waals surface area contributed by atoms with E-state index >= 15 is 0 Å². The monoisotopic (exact) mass is 428 g/mol. The Morgan fingerprint density at radius 1 is 0.839 bits per heavy atom. The number of para-hydroxylation sites is 1. The lowest BCUT2D eigenvalue weighted by Crippen LogP contribution is -2.31. The van der Waals surface area contributed by atoms with E-state index in [1.54, 1.807) is 30.3 Å². The molecule has 0 unspecified atom stereocenters. The summed E-state index contributed by atoms with van der Waals surface area (Å²) >= 11 is 1.28. The number of hydrogen-bond acceptors (Lipinski definition) is 4. The molecule has 3 aromatic carbocycles. The Bertz CT molecular complexity index is 1200. The quantitative estimate of drug-likeness (QED) is 0.579. The minimum atomic E-state index is -0.356. The smallest absolute Gasteiger partial charge is 0.272 e. The van der Waals surface area contributed by atoms with Crippen LogP contribution in [0.5, 0.6) is 0 Å². The molecule has 6 heteroatoms. The van der Waals surface area contributed by atoms with Crippen LogP contribution in [0.4, 0.5) is 11.4 Å². The highest BCUT2D eigenvalue weighted by molar-refractivity contribution is 8.04. The van der Waals surface area contributed by atoms with Crippen molar-refractivity contribution in [3.05, 3.63) is 94.9 Å². The normalized spacial score (nSPS) is 13.7. The molecule has 0 saturated carbocycles. The number of nitrogens with zero attached hydrogens (tertiary/aromatic N) is 1. The second-order valence-corrected chi connectivity index (χ2v) is 8.19. The van der Waals surface area contributed by atoms with Gasteiger partial charge in [-0.3, -0.25) is 14.4 Å². The van der Waals surface area contributed by atoms with Crippen molar-refractivity contribution in [3.8, 4) is 0 Å². The van der Waals surface area contributed by atoms with E-state index in [9.17, 15) is 14.4 Å². The number of benzene rings is 3. The van der Waals surface area contributed by atoms with Crippen molar-refractivity contribution in [2.24, 2.45) is 0 Å². The van der Waals surface area contributed by atoms with Crippen LogP contribution in [0.15, 0.2) is 88.7 Å². The van der Waals surface area contributed by atoms with E-state index in [1.807, 2.05) is 55.5 Å². The second-order valence-electron chi connectivity index (χ2n) is 7.11. The predicted molar refractivity (Wildman–Crippen MR) is 124 cm³/mol.